The number of nitrogens with one attached hydrogen (secondary N) is 1. The summed E-state index contributed by atoms with van der Waals surface area (Å²) in [6.07, 6.45) is 5.37. The van der Waals surface area contributed by atoms with E-state index in [1.165, 1.54) is 12.1 Å². The molecule has 4 bridgehead atoms. The second kappa shape index (κ2) is 6.68. The summed E-state index contributed by atoms with van der Waals surface area (Å²) in [5.41, 5.74) is 0.0600. The molecular formula is C20H20Cl2N2O3. The molecule has 4 fully saturated rings. The lowest BCUT2D eigenvalue weighted by atomic mass is 9.49. The lowest BCUT2D eigenvalue weighted by Gasteiger charge is -2.58. The standard InChI is InChI=1S/C20H20Cl2N2O3/c21-15-2-1-14(9-23)16(4-15)24-17(25)10-27-18(26)19-5-12-3-13(6-19)8-20(22,7-12)11-19/h1-2,4,12-13H,3,5-8,10-11H2,(H,24,25). The highest BCUT2D eigenvalue weighted by Gasteiger charge is 2.60. The van der Waals surface area contributed by atoms with E-state index in [9.17, 15) is 9.59 Å². The molecule has 0 heterocycles. The molecule has 1 N–H and O–H groups in total. The first-order chi connectivity index (χ1) is 12.8. The van der Waals surface area contributed by atoms with Gasteiger partial charge in [-0.05, 0) is 68.6 Å². The Morgan fingerprint density at radius 2 is 1.96 bits per heavy atom. The van der Waals surface area contributed by atoms with E-state index in [4.69, 9.17) is 33.2 Å². The van der Waals surface area contributed by atoms with Gasteiger partial charge in [-0.1, -0.05) is 11.6 Å². The Morgan fingerprint density at radius 1 is 1.26 bits per heavy atom. The molecule has 0 saturated heterocycles. The zero-order valence-electron chi connectivity index (χ0n) is 14.8. The molecular weight excluding hydrogens is 387 g/mol. The first kappa shape index (κ1) is 18.6. The average Bonchev–Trinajstić information content (AvgIpc) is 2.57. The molecule has 4 saturated carbocycles. The van der Waals surface area contributed by atoms with Crippen molar-refractivity contribution in [1.82, 2.24) is 0 Å². The maximum Gasteiger partial charge on any atom is 0.312 e. The zero-order chi connectivity index (χ0) is 19.2. The third kappa shape index (κ3) is 3.53. The second-order valence-corrected chi connectivity index (χ2v) is 9.56. The van der Waals surface area contributed by atoms with Gasteiger partial charge in [0.25, 0.3) is 5.91 Å². The number of ether oxygens (including phenoxy) is 1. The van der Waals surface area contributed by atoms with Gasteiger partial charge in [0.15, 0.2) is 6.61 Å². The lowest BCUT2D eigenvalue weighted by Crippen LogP contribution is -2.56. The summed E-state index contributed by atoms with van der Waals surface area (Å²) in [4.78, 5) is 24.8. The van der Waals surface area contributed by atoms with Crippen molar-refractivity contribution >= 4 is 40.8 Å². The Balaban J connectivity index is 1.39. The Kier molecular flexibility index (Phi) is 4.60. The lowest BCUT2D eigenvalue weighted by molar-refractivity contribution is -0.171. The molecule has 2 unspecified atom stereocenters. The van der Waals surface area contributed by atoms with E-state index in [1.807, 2.05) is 6.07 Å². The van der Waals surface area contributed by atoms with Gasteiger partial charge in [-0.15, -0.1) is 11.6 Å². The van der Waals surface area contributed by atoms with Crippen molar-refractivity contribution in [3.05, 3.63) is 28.8 Å². The topological polar surface area (TPSA) is 79.2 Å². The third-order valence-corrected chi connectivity index (χ3v) is 6.81. The highest BCUT2D eigenvalue weighted by molar-refractivity contribution is 6.31. The predicted octanol–water partition coefficient (Wildman–Crippen LogP) is 4.27. The van der Waals surface area contributed by atoms with E-state index in [2.05, 4.69) is 5.32 Å². The fraction of sp³-hybridized carbons (Fsp3) is 0.550. The Bertz CT molecular complexity index is 834. The van der Waals surface area contributed by atoms with E-state index >= 15 is 0 Å². The molecule has 1 amide bonds. The number of esters is 1. The monoisotopic (exact) mass is 406 g/mol. The Hall–Kier alpha value is -1.77. The van der Waals surface area contributed by atoms with Gasteiger partial charge in [-0.3, -0.25) is 9.59 Å². The number of nitriles is 1. The van der Waals surface area contributed by atoms with Gasteiger partial charge < -0.3 is 10.1 Å². The molecule has 2 atom stereocenters. The van der Waals surface area contributed by atoms with Gasteiger partial charge in [0.2, 0.25) is 0 Å². The maximum absolute atomic E-state index is 12.8. The summed E-state index contributed by atoms with van der Waals surface area (Å²) in [6, 6.07) is 6.59. The SMILES string of the molecule is N#Cc1ccc(Cl)cc1NC(=O)COC(=O)C12CC3CC(CC(Cl)(C3)C1)C2. The predicted molar refractivity (Wildman–Crippen MR) is 101 cm³/mol. The van der Waals surface area contributed by atoms with Gasteiger partial charge in [-0.2, -0.15) is 5.26 Å². The van der Waals surface area contributed by atoms with Crippen molar-refractivity contribution in [3.8, 4) is 6.07 Å². The number of rotatable bonds is 4. The van der Waals surface area contributed by atoms with Crippen LogP contribution in [0.4, 0.5) is 5.69 Å². The number of hydrogen-bond acceptors (Lipinski definition) is 4. The highest BCUT2D eigenvalue weighted by atomic mass is 35.5. The minimum absolute atomic E-state index is 0.284. The van der Waals surface area contributed by atoms with Crippen LogP contribution < -0.4 is 5.32 Å². The quantitative estimate of drug-likeness (QED) is 0.597. The third-order valence-electron chi connectivity index (χ3n) is 6.13. The summed E-state index contributed by atoms with van der Waals surface area (Å²) in [5, 5.41) is 12.1. The minimum atomic E-state index is -0.542. The molecule has 5 rings (SSSR count). The Labute approximate surface area is 168 Å². The zero-order valence-corrected chi connectivity index (χ0v) is 16.3. The first-order valence-electron chi connectivity index (χ1n) is 9.17. The van der Waals surface area contributed by atoms with Crippen LogP contribution in [0.25, 0.3) is 0 Å². The first-order valence-corrected chi connectivity index (χ1v) is 9.92. The summed E-state index contributed by atoms with van der Waals surface area (Å²) in [5.74, 6) is 0.153. The molecule has 0 aromatic heterocycles. The van der Waals surface area contributed by atoms with Crippen LogP contribution in [-0.2, 0) is 14.3 Å². The van der Waals surface area contributed by atoms with Crippen LogP contribution >= 0.6 is 23.2 Å². The van der Waals surface area contributed by atoms with E-state index < -0.39 is 11.3 Å². The fourth-order valence-electron chi connectivity index (χ4n) is 5.58. The van der Waals surface area contributed by atoms with Crippen molar-refractivity contribution in [2.75, 3.05) is 11.9 Å². The number of hydrogen-bond donors (Lipinski definition) is 1. The van der Waals surface area contributed by atoms with Crippen LogP contribution in [0.3, 0.4) is 0 Å². The molecule has 4 aliphatic rings. The smallest absolute Gasteiger partial charge is 0.312 e. The molecule has 27 heavy (non-hydrogen) atoms. The van der Waals surface area contributed by atoms with E-state index in [-0.39, 0.29) is 17.5 Å². The van der Waals surface area contributed by atoms with Crippen molar-refractivity contribution in [3.63, 3.8) is 0 Å². The van der Waals surface area contributed by atoms with Crippen molar-refractivity contribution in [2.45, 2.75) is 43.4 Å². The molecule has 1 aromatic rings. The maximum atomic E-state index is 12.8. The molecule has 0 radical (unpaired) electrons. The largest absolute Gasteiger partial charge is 0.455 e. The van der Waals surface area contributed by atoms with E-state index in [0.29, 0.717) is 34.5 Å². The number of amides is 1. The normalized spacial score (nSPS) is 33.4. The van der Waals surface area contributed by atoms with Crippen LogP contribution in [0.1, 0.15) is 44.1 Å². The summed E-state index contributed by atoms with van der Waals surface area (Å²) < 4.78 is 5.38. The molecule has 1 aromatic carbocycles. The van der Waals surface area contributed by atoms with Gasteiger partial charge in [0, 0.05) is 9.90 Å². The molecule has 0 aliphatic heterocycles. The van der Waals surface area contributed by atoms with Crippen LogP contribution in [0.5, 0.6) is 0 Å². The Morgan fingerprint density at radius 3 is 2.59 bits per heavy atom. The van der Waals surface area contributed by atoms with Crippen LogP contribution in [0, 0.1) is 28.6 Å². The summed E-state index contributed by atoms with van der Waals surface area (Å²) in [6.45, 7) is -0.386. The van der Waals surface area contributed by atoms with Crippen LogP contribution in [0.2, 0.25) is 5.02 Å². The summed E-state index contributed by atoms with van der Waals surface area (Å²) >= 11 is 12.7. The number of nitrogens with zero attached hydrogens (tertiary/aromatic N) is 1. The fourth-order valence-corrected chi connectivity index (χ4v) is 6.44. The number of halogens is 2. The number of anilines is 1. The molecule has 5 nitrogen and oxygen atoms in total. The molecule has 142 valence electrons. The van der Waals surface area contributed by atoms with Gasteiger partial charge >= 0.3 is 5.97 Å². The van der Waals surface area contributed by atoms with Gasteiger partial charge in [0.05, 0.1) is 16.7 Å². The number of alkyl halides is 1. The number of carbonyl (C=O) groups excluding carboxylic acids is 2. The summed E-state index contributed by atoms with van der Waals surface area (Å²) in [7, 11) is 0. The second-order valence-electron chi connectivity index (χ2n) is 8.32. The van der Waals surface area contributed by atoms with E-state index in [1.54, 1.807) is 6.07 Å². The van der Waals surface area contributed by atoms with Gasteiger partial charge in [-0.25, -0.2) is 0 Å². The van der Waals surface area contributed by atoms with E-state index in [0.717, 1.165) is 32.1 Å². The molecule has 4 aliphatic carbocycles. The van der Waals surface area contributed by atoms with Crippen molar-refractivity contribution < 1.29 is 14.3 Å². The highest BCUT2D eigenvalue weighted by Crippen LogP contribution is 2.64. The van der Waals surface area contributed by atoms with Crippen molar-refractivity contribution in [1.29, 1.82) is 5.26 Å². The van der Waals surface area contributed by atoms with Crippen molar-refractivity contribution in [2.24, 2.45) is 17.3 Å². The average molecular weight is 407 g/mol. The van der Waals surface area contributed by atoms with Crippen LogP contribution in [0.15, 0.2) is 18.2 Å². The minimum Gasteiger partial charge on any atom is -0.455 e. The molecule has 0 spiro atoms. The van der Waals surface area contributed by atoms with Gasteiger partial charge in [0.1, 0.15) is 6.07 Å². The van der Waals surface area contributed by atoms with Crippen LogP contribution in [-0.4, -0.2) is 23.4 Å². The number of benzene rings is 1. The number of carbonyl (C=O) groups is 2. The molecule has 7 heteroatoms.